The van der Waals surface area contributed by atoms with Gasteiger partial charge in [-0.25, -0.2) is 4.79 Å². The maximum Gasteiger partial charge on any atom is 0.390 e. The number of esters is 1. The monoisotopic (exact) mass is 222 g/mol. The topological polar surface area (TPSA) is 44.1 Å². The Kier molecular flexibility index (Phi) is 3.33. The summed E-state index contributed by atoms with van der Waals surface area (Å²) in [5.74, 6) is -0.699. The molecule has 0 aromatic carbocycles. The molecular formula is C8H9F3N2O2. The molecule has 7 heteroatoms. The fraction of sp³-hybridized carbons (Fsp3) is 0.500. The highest BCUT2D eigenvalue weighted by atomic mass is 19.4. The maximum atomic E-state index is 11.9. The number of methoxy groups -OCH3 is 1. The molecule has 1 heterocycles. The first-order chi connectivity index (χ1) is 6.94. The van der Waals surface area contributed by atoms with Crippen LogP contribution in [0.4, 0.5) is 13.2 Å². The van der Waals surface area contributed by atoms with E-state index in [1.807, 2.05) is 0 Å². The third-order valence-electron chi connectivity index (χ3n) is 1.72. The smallest absolute Gasteiger partial charge is 0.390 e. The van der Waals surface area contributed by atoms with Crippen molar-refractivity contribution in [3.8, 4) is 0 Å². The molecule has 0 saturated carbocycles. The molecule has 0 radical (unpaired) electrons. The Morgan fingerprint density at radius 2 is 2.27 bits per heavy atom. The lowest BCUT2D eigenvalue weighted by molar-refractivity contribution is -0.137. The first kappa shape index (κ1) is 11.5. The Morgan fingerprint density at radius 1 is 1.60 bits per heavy atom. The SMILES string of the molecule is COC(=O)c1ccnn1CCC(F)(F)F. The molecule has 0 saturated heterocycles. The largest absolute Gasteiger partial charge is 0.464 e. The van der Waals surface area contributed by atoms with E-state index in [1.165, 1.54) is 12.3 Å². The number of nitrogens with zero attached hydrogens (tertiary/aromatic N) is 2. The van der Waals surface area contributed by atoms with Crippen molar-refractivity contribution in [3.05, 3.63) is 18.0 Å². The summed E-state index contributed by atoms with van der Waals surface area (Å²) in [6.45, 7) is -0.388. The fourth-order valence-corrected chi connectivity index (χ4v) is 1.02. The van der Waals surface area contributed by atoms with Crippen molar-refractivity contribution in [3.63, 3.8) is 0 Å². The summed E-state index contributed by atoms with van der Waals surface area (Å²) in [6.07, 6.45) is -4.04. The van der Waals surface area contributed by atoms with E-state index < -0.39 is 18.6 Å². The molecule has 0 aliphatic rings. The average Bonchev–Trinajstić information content (AvgIpc) is 2.60. The summed E-state index contributed by atoms with van der Waals surface area (Å²) < 4.78 is 41.1. The second kappa shape index (κ2) is 4.33. The lowest BCUT2D eigenvalue weighted by Crippen LogP contribution is -2.17. The molecule has 1 rings (SSSR count). The number of aromatic nitrogens is 2. The number of ether oxygens (including phenoxy) is 1. The van der Waals surface area contributed by atoms with Gasteiger partial charge in [-0.3, -0.25) is 4.68 Å². The zero-order valence-electron chi connectivity index (χ0n) is 7.91. The predicted octanol–water partition coefficient (Wildman–Crippen LogP) is 1.62. The zero-order chi connectivity index (χ0) is 11.5. The second-order valence-corrected chi connectivity index (χ2v) is 2.80. The summed E-state index contributed by atoms with van der Waals surface area (Å²) >= 11 is 0. The third kappa shape index (κ3) is 3.26. The number of hydrogen-bond acceptors (Lipinski definition) is 3. The van der Waals surface area contributed by atoms with E-state index >= 15 is 0 Å². The van der Waals surface area contributed by atoms with E-state index in [0.717, 1.165) is 11.8 Å². The van der Waals surface area contributed by atoms with Gasteiger partial charge in [-0.15, -0.1) is 0 Å². The molecule has 0 aliphatic carbocycles. The van der Waals surface area contributed by atoms with Crippen LogP contribution in [0.2, 0.25) is 0 Å². The molecule has 0 N–H and O–H groups in total. The van der Waals surface area contributed by atoms with E-state index in [2.05, 4.69) is 9.84 Å². The first-order valence-electron chi connectivity index (χ1n) is 4.11. The molecular weight excluding hydrogens is 213 g/mol. The highest BCUT2D eigenvalue weighted by Crippen LogP contribution is 2.20. The summed E-state index contributed by atoms with van der Waals surface area (Å²) in [5, 5.41) is 3.60. The molecule has 15 heavy (non-hydrogen) atoms. The van der Waals surface area contributed by atoms with Crippen molar-refractivity contribution >= 4 is 5.97 Å². The van der Waals surface area contributed by atoms with Crippen LogP contribution in [-0.2, 0) is 11.3 Å². The standard InChI is InChI=1S/C8H9F3N2O2/c1-15-7(14)6-2-4-12-13(6)5-3-8(9,10)11/h2,4H,3,5H2,1H3. The Morgan fingerprint density at radius 3 is 2.80 bits per heavy atom. The van der Waals surface area contributed by atoms with Crippen molar-refractivity contribution < 1.29 is 22.7 Å². The van der Waals surface area contributed by atoms with Crippen LogP contribution in [-0.4, -0.2) is 29.0 Å². The van der Waals surface area contributed by atoms with Crippen LogP contribution < -0.4 is 0 Å². The van der Waals surface area contributed by atoms with E-state index in [0.29, 0.717) is 0 Å². The van der Waals surface area contributed by atoms with Gasteiger partial charge in [0, 0.05) is 6.20 Å². The van der Waals surface area contributed by atoms with Crippen molar-refractivity contribution in [2.75, 3.05) is 7.11 Å². The third-order valence-corrected chi connectivity index (χ3v) is 1.72. The fourth-order valence-electron chi connectivity index (χ4n) is 1.02. The van der Waals surface area contributed by atoms with Gasteiger partial charge in [0.2, 0.25) is 0 Å². The van der Waals surface area contributed by atoms with Crippen molar-refractivity contribution in [2.45, 2.75) is 19.1 Å². The predicted molar refractivity (Wildman–Crippen MR) is 44.2 cm³/mol. The molecule has 0 fully saturated rings. The highest BCUT2D eigenvalue weighted by Gasteiger charge is 2.27. The molecule has 0 amide bonds. The summed E-state index contributed by atoms with van der Waals surface area (Å²) in [4.78, 5) is 11.1. The lowest BCUT2D eigenvalue weighted by atomic mass is 10.4. The van der Waals surface area contributed by atoms with E-state index in [9.17, 15) is 18.0 Å². The van der Waals surface area contributed by atoms with Gasteiger partial charge in [-0.2, -0.15) is 18.3 Å². The molecule has 1 aromatic heterocycles. The van der Waals surface area contributed by atoms with Crippen LogP contribution in [0.5, 0.6) is 0 Å². The minimum atomic E-state index is -4.26. The van der Waals surface area contributed by atoms with Crippen LogP contribution in [0.25, 0.3) is 0 Å². The minimum Gasteiger partial charge on any atom is -0.464 e. The minimum absolute atomic E-state index is 0.0155. The first-order valence-corrected chi connectivity index (χ1v) is 4.11. The number of carbonyl (C=O) groups excluding carboxylic acids is 1. The van der Waals surface area contributed by atoms with Crippen LogP contribution in [0.1, 0.15) is 16.9 Å². The van der Waals surface area contributed by atoms with Crippen LogP contribution in [0, 0.1) is 0 Å². The Labute approximate surface area is 83.6 Å². The number of carbonyl (C=O) groups is 1. The van der Waals surface area contributed by atoms with Crippen molar-refractivity contribution in [1.29, 1.82) is 0 Å². The van der Waals surface area contributed by atoms with Gasteiger partial charge in [0.15, 0.2) is 0 Å². The van der Waals surface area contributed by atoms with Crippen molar-refractivity contribution in [1.82, 2.24) is 9.78 Å². The van der Waals surface area contributed by atoms with Crippen LogP contribution >= 0.6 is 0 Å². The van der Waals surface area contributed by atoms with Gasteiger partial charge in [0.1, 0.15) is 5.69 Å². The Hall–Kier alpha value is -1.53. The van der Waals surface area contributed by atoms with Gasteiger partial charge < -0.3 is 4.74 Å². The maximum absolute atomic E-state index is 11.9. The Balaban J connectivity index is 2.70. The number of rotatable bonds is 3. The molecule has 0 atom stereocenters. The van der Waals surface area contributed by atoms with E-state index in [4.69, 9.17) is 0 Å². The number of hydrogen-bond donors (Lipinski definition) is 0. The second-order valence-electron chi connectivity index (χ2n) is 2.80. The number of alkyl halides is 3. The van der Waals surface area contributed by atoms with Gasteiger partial charge in [0.25, 0.3) is 0 Å². The zero-order valence-corrected chi connectivity index (χ0v) is 7.91. The molecule has 0 unspecified atom stereocenters. The quantitative estimate of drug-likeness (QED) is 0.730. The van der Waals surface area contributed by atoms with E-state index in [1.54, 1.807) is 0 Å². The number of halogens is 3. The van der Waals surface area contributed by atoms with E-state index in [-0.39, 0.29) is 12.2 Å². The van der Waals surface area contributed by atoms with Crippen molar-refractivity contribution in [2.24, 2.45) is 0 Å². The van der Waals surface area contributed by atoms with Gasteiger partial charge in [-0.05, 0) is 6.07 Å². The van der Waals surface area contributed by atoms with Gasteiger partial charge in [0.05, 0.1) is 20.1 Å². The molecule has 84 valence electrons. The molecule has 0 aliphatic heterocycles. The van der Waals surface area contributed by atoms with Gasteiger partial charge in [-0.1, -0.05) is 0 Å². The Bertz CT molecular complexity index is 346. The lowest BCUT2D eigenvalue weighted by Gasteiger charge is -2.08. The van der Waals surface area contributed by atoms with Crippen LogP contribution in [0.15, 0.2) is 12.3 Å². The number of aryl methyl sites for hydroxylation is 1. The summed E-state index contributed by atoms with van der Waals surface area (Å²) in [5.41, 5.74) is 0.0155. The summed E-state index contributed by atoms with van der Waals surface area (Å²) in [6, 6.07) is 1.31. The average molecular weight is 222 g/mol. The molecule has 0 spiro atoms. The molecule has 0 bridgehead atoms. The normalized spacial score (nSPS) is 11.5. The molecule has 1 aromatic rings. The highest BCUT2D eigenvalue weighted by molar-refractivity contribution is 5.87. The summed E-state index contributed by atoms with van der Waals surface area (Å²) in [7, 11) is 1.16. The van der Waals surface area contributed by atoms with Gasteiger partial charge >= 0.3 is 12.1 Å². The molecule has 4 nitrogen and oxygen atoms in total. The van der Waals surface area contributed by atoms with Crippen LogP contribution in [0.3, 0.4) is 0 Å².